The summed E-state index contributed by atoms with van der Waals surface area (Å²) >= 11 is 0. The van der Waals surface area contributed by atoms with Crippen molar-refractivity contribution in [2.24, 2.45) is 0 Å². The Bertz CT molecular complexity index is 528. The summed E-state index contributed by atoms with van der Waals surface area (Å²) in [5.74, 6) is 1.80. The number of ether oxygens (including phenoxy) is 1. The Morgan fingerprint density at radius 2 is 2.30 bits per heavy atom. The van der Waals surface area contributed by atoms with Gasteiger partial charge in [0, 0.05) is 24.1 Å². The number of H-pyrrole nitrogens is 1. The molecule has 20 heavy (non-hydrogen) atoms. The smallest absolute Gasteiger partial charge is 0.137 e. The number of methoxy groups -OCH3 is 1. The van der Waals surface area contributed by atoms with Crippen molar-refractivity contribution in [1.82, 2.24) is 20.5 Å². The van der Waals surface area contributed by atoms with E-state index in [-0.39, 0.29) is 11.8 Å². The molecule has 0 aliphatic heterocycles. The van der Waals surface area contributed by atoms with Crippen molar-refractivity contribution in [1.29, 1.82) is 0 Å². The standard InChI is InChI=1S/C14H20N4O2/c1-10(12-6-5-11(20-2)8-13(12)19)15-7-3-4-14-16-9-17-18-14/h5-6,8-10,15,19H,3-4,7H2,1-2H3,(H,16,17,18). The van der Waals surface area contributed by atoms with Crippen molar-refractivity contribution in [2.75, 3.05) is 13.7 Å². The summed E-state index contributed by atoms with van der Waals surface area (Å²) in [4.78, 5) is 4.08. The molecular weight excluding hydrogens is 256 g/mol. The average molecular weight is 276 g/mol. The molecule has 1 atom stereocenters. The maximum atomic E-state index is 9.96. The van der Waals surface area contributed by atoms with Crippen molar-refractivity contribution >= 4 is 0 Å². The van der Waals surface area contributed by atoms with Crippen LogP contribution in [0.15, 0.2) is 24.5 Å². The first kappa shape index (κ1) is 14.3. The van der Waals surface area contributed by atoms with Gasteiger partial charge in [0.15, 0.2) is 0 Å². The number of hydrogen-bond acceptors (Lipinski definition) is 5. The minimum Gasteiger partial charge on any atom is -0.507 e. The first-order valence-electron chi connectivity index (χ1n) is 6.65. The van der Waals surface area contributed by atoms with Crippen molar-refractivity contribution < 1.29 is 9.84 Å². The Kier molecular flexibility index (Phi) is 4.95. The largest absolute Gasteiger partial charge is 0.507 e. The molecule has 0 fully saturated rings. The number of aromatic amines is 1. The highest BCUT2D eigenvalue weighted by molar-refractivity contribution is 5.41. The van der Waals surface area contributed by atoms with Gasteiger partial charge in [-0.05, 0) is 26.0 Å². The van der Waals surface area contributed by atoms with Gasteiger partial charge in [0.05, 0.1) is 7.11 Å². The van der Waals surface area contributed by atoms with Gasteiger partial charge in [-0.2, -0.15) is 5.10 Å². The molecule has 2 rings (SSSR count). The van der Waals surface area contributed by atoms with Crippen molar-refractivity contribution in [3.05, 3.63) is 35.9 Å². The van der Waals surface area contributed by atoms with Gasteiger partial charge >= 0.3 is 0 Å². The lowest BCUT2D eigenvalue weighted by molar-refractivity contribution is 0.404. The van der Waals surface area contributed by atoms with E-state index >= 15 is 0 Å². The van der Waals surface area contributed by atoms with Crippen molar-refractivity contribution in [3.63, 3.8) is 0 Å². The third-order valence-electron chi connectivity index (χ3n) is 3.21. The molecule has 6 nitrogen and oxygen atoms in total. The summed E-state index contributed by atoms with van der Waals surface area (Å²) < 4.78 is 5.07. The van der Waals surface area contributed by atoms with E-state index in [2.05, 4.69) is 20.5 Å². The van der Waals surface area contributed by atoms with Crippen molar-refractivity contribution in [2.45, 2.75) is 25.8 Å². The number of hydrogen-bond donors (Lipinski definition) is 3. The highest BCUT2D eigenvalue weighted by atomic mass is 16.5. The molecule has 1 aromatic heterocycles. The number of phenols is 1. The van der Waals surface area contributed by atoms with Crippen LogP contribution in [0.1, 0.15) is 30.8 Å². The third-order valence-corrected chi connectivity index (χ3v) is 3.21. The minimum absolute atomic E-state index is 0.0793. The van der Waals surface area contributed by atoms with Gasteiger partial charge in [0.25, 0.3) is 0 Å². The SMILES string of the molecule is COc1ccc(C(C)NCCCc2ncn[nH]2)c(O)c1. The normalized spacial score (nSPS) is 12.3. The predicted molar refractivity (Wildman–Crippen MR) is 75.8 cm³/mol. The second kappa shape index (κ2) is 6.91. The molecule has 1 heterocycles. The quantitative estimate of drug-likeness (QED) is 0.672. The highest BCUT2D eigenvalue weighted by Crippen LogP contribution is 2.28. The first-order chi connectivity index (χ1) is 9.70. The molecule has 6 heteroatoms. The van der Waals surface area contributed by atoms with Crippen LogP contribution in [0.4, 0.5) is 0 Å². The molecule has 0 saturated heterocycles. The van der Waals surface area contributed by atoms with Gasteiger partial charge in [-0.25, -0.2) is 4.98 Å². The lowest BCUT2D eigenvalue weighted by Gasteiger charge is -2.16. The summed E-state index contributed by atoms with van der Waals surface area (Å²) in [5.41, 5.74) is 0.866. The van der Waals surface area contributed by atoms with Crippen LogP contribution in [0.3, 0.4) is 0 Å². The number of aromatic hydroxyl groups is 1. The summed E-state index contributed by atoms with van der Waals surface area (Å²) in [7, 11) is 1.58. The zero-order valence-corrected chi connectivity index (χ0v) is 11.8. The van der Waals surface area contributed by atoms with Gasteiger partial charge in [-0.15, -0.1) is 0 Å². The van der Waals surface area contributed by atoms with Gasteiger partial charge in [0.1, 0.15) is 23.7 Å². The Balaban J connectivity index is 1.80. The van der Waals surface area contributed by atoms with Gasteiger partial charge in [0.2, 0.25) is 0 Å². The summed E-state index contributed by atoms with van der Waals surface area (Å²) in [6.45, 7) is 2.86. The van der Waals surface area contributed by atoms with Gasteiger partial charge in [-0.3, -0.25) is 5.10 Å². The third kappa shape index (κ3) is 3.71. The molecule has 0 saturated carbocycles. The van der Waals surface area contributed by atoms with Gasteiger partial charge < -0.3 is 15.2 Å². The van der Waals surface area contributed by atoms with Crippen LogP contribution in [0.2, 0.25) is 0 Å². The van der Waals surface area contributed by atoms with E-state index in [1.54, 1.807) is 13.2 Å². The van der Waals surface area contributed by atoms with Crippen LogP contribution < -0.4 is 10.1 Å². The summed E-state index contributed by atoms with van der Waals surface area (Å²) in [6, 6.07) is 5.43. The fourth-order valence-corrected chi connectivity index (χ4v) is 2.05. The van der Waals surface area contributed by atoms with E-state index in [1.807, 2.05) is 19.1 Å². The van der Waals surface area contributed by atoms with E-state index in [1.165, 1.54) is 6.33 Å². The number of aromatic nitrogens is 3. The summed E-state index contributed by atoms with van der Waals surface area (Å²) in [5, 5.41) is 20.0. The molecule has 0 bridgehead atoms. The second-order valence-corrected chi connectivity index (χ2v) is 4.64. The van der Waals surface area contributed by atoms with Crippen LogP contribution in [-0.4, -0.2) is 33.9 Å². The molecule has 1 aromatic carbocycles. The number of rotatable bonds is 7. The van der Waals surface area contributed by atoms with Crippen LogP contribution >= 0.6 is 0 Å². The predicted octanol–water partition coefficient (Wildman–Crippen LogP) is 1.80. The number of nitrogens with one attached hydrogen (secondary N) is 2. The molecular formula is C14H20N4O2. The molecule has 1 unspecified atom stereocenters. The molecule has 2 aromatic rings. The van der Waals surface area contributed by atoms with Crippen LogP contribution in [0.5, 0.6) is 11.5 Å². The zero-order valence-electron chi connectivity index (χ0n) is 11.8. The lowest BCUT2D eigenvalue weighted by atomic mass is 10.1. The maximum absolute atomic E-state index is 9.96. The Hall–Kier alpha value is -2.08. The monoisotopic (exact) mass is 276 g/mol. The second-order valence-electron chi connectivity index (χ2n) is 4.64. The van der Waals surface area contributed by atoms with Crippen LogP contribution in [-0.2, 0) is 6.42 Å². The Morgan fingerprint density at radius 1 is 1.45 bits per heavy atom. The fraction of sp³-hybridized carbons (Fsp3) is 0.429. The number of nitrogens with zero attached hydrogens (tertiary/aromatic N) is 2. The summed E-state index contributed by atoms with van der Waals surface area (Å²) in [6.07, 6.45) is 3.32. The van der Waals surface area contributed by atoms with Gasteiger partial charge in [-0.1, -0.05) is 6.07 Å². The van der Waals surface area contributed by atoms with E-state index < -0.39 is 0 Å². The van der Waals surface area contributed by atoms with Crippen LogP contribution in [0, 0.1) is 0 Å². The topological polar surface area (TPSA) is 83.1 Å². The molecule has 0 radical (unpaired) electrons. The fourth-order valence-electron chi connectivity index (χ4n) is 2.05. The van der Waals surface area contributed by atoms with E-state index in [4.69, 9.17) is 4.74 Å². The van der Waals surface area contributed by atoms with Crippen molar-refractivity contribution in [3.8, 4) is 11.5 Å². The molecule has 0 spiro atoms. The molecule has 3 N–H and O–H groups in total. The van der Waals surface area contributed by atoms with Crippen LogP contribution in [0.25, 0.3) is 0 Å². The number of phenolic OH excluding ortho intramolecular Hbond substituents is 1. The minimum atomic E-state index is 0.0793. The zero-order chi connectivity index (χ0) is 14.4. The Labute approximate surface area is 118 Å². The molecule has 108 valence electrons. The lowest BCUT2D eigenvalue weighted by Crippen LogP contribution is -2.20. The molecule has 0 aliphatic carbocycles. The molecule has 0 amide bonds. The van der Waals surface area contributed by atoms with E-state index in [0.717, 1.165) is 30.8 Å². The average Bonchev–Trinajstić information content (AvgIpc) is 2.96. The number of aryl methyl sites for hydroxylation is 1. The Morgan fingerprint density at radius 3 is 2.95 bits per heavy atom. The van der Waals surface area contributed by atoms with E-state index in [9.17, 15) is 5.11 Å². The maximum Gasteiger partial charge on any atom is 0.137 e. The van der Waals surface area contributed by atoms with E-state index in [0.29, 0.717) is 5.75 Å². The molecule has 0 aliphatic rings. The first-order valence-corrected chi connectivity index (χ1v) is 6.65. The number of benzene rings is 1. The highest BCUT2D eigenvalue weighted by Gasteiger charge is 2.10.